The number of benzene rings is 2. The summed E-state index contributed by atoms with van der Waals surface area (Å²) in [6, 6.07) is 17.9. The van der Waals surface area contributed by atoms with Crippen molar-refractivity contribution in [2.75, 3.05) is 25.5 Å². The van der Waals surface area contributed by atoms with Gasteiger partial charge in [0.05, 0.1) is 5.56 Å². The molecular formula is C18H22N2O. The Morgan fingerprint density at radius 3 is 2.43 bits per heavy atom. The summed E-state index contributed by atoms with van der Waals surface area (Å²) in [5.74, 6) is 0.0579. The standard InChI is InChI=1S/C18H22N2O/c1-3-19-17-12-8-7-11-16(17)18(21)20(2)14-13-15-9-5-4-6-10-15/h4-12,19H,3,13-14H2,1-2H3. The molecule has 0 aliphatic carbocycles. The second-order valence-electron chi connectivity index (χ2n) is 5.04. The molecule has 0 unspecified atom stereocenters. The van der Waals surface area contributed by atoms with E-state index in [1.165, 1.54) is 5.56 Å². The zero-order chi connectivity index (χ0) is 15.1. The number of nitrogens with one attached hydrogen (secondary N) is 1. The number of likely N-dealkylation sites (N-methyl/N-ethyl adjacent to an activating group) is 1. The van der Waals surface area contributed by atoms with Crippen LogP contribution in [-0.4, -0.2) is 30.9 Å². The van der Waals surface area contributed by atoms with Gasteiger partial charge in [-0.15, -0.1) is 0 Å². The maximum absolute atomic E-state index is 12.5. The van der Waals surface area contributed by atoms with Crippen molar-refractivity contribution in [1.29, 1.82) is 0 Å². The molecule has 2 aromatic rings. The van der Waals surface area contributed by atoms with Crippen molar-refractivity contribution in [2.24, 2.45) is 0 Å². The lowest BCUT2D eigenvalue weighted by Crippen LogP contribution is -2.29. The zero-order valence-corrected chi connectivity index (χ0v) is 12.7. The number of rotatable bonds is 6. The van der Waals surface area contributed by atoms with E-state index < -0.39 is 0 Å². The minimum Gasteiger partial charge on any atom is -0.385 e. The lowest BCUT2D eigenvalue weighted by atomic mass is 10.1. The first-order chi connectivity index (χ1) is 10.2. The van der Waals surface area contributed by atoms with E-state index in [0.29, 0.717) is 6.54 Å². The third-order valence-electron chi connectivity index (χ3n) is 3.45. The van der Waals surface area contributed by atoms with E-state index in [4.69, 9.17) is 0 Å². The first-order valence-electron chi connectivity index (χ1n) is 7.34. The van der Waals surface area contributed by atoms with Crippen molar-refractivity contribution in [2.45, 2.75) is 13.3 Å². The molecule has 3 heteroatoms. The van der Waals surface area contributed by atoms with Gasteiger partial charge in [0.15, 0.2) is 0 Å². The molecule has 0 atom stereocenters. The zero-order valence-electron chi connectivity index (χ0n) is 12.7. The van der Waals surface area contributed by atoms with Gasteiger partial charge in [-0.25, -0.2) is 0 Å². The molecule has 0 radical (unpaired) electrons. The smallest absolute Gasteiger partial charge is 0.255 e. The molecule has 2 rings (SSSR count). The number of para-hydroxylation sites is 1. The Kier molecular flexibility index (Phi) is 5.38. The first kappa shape index (κ1) is 15.1. The van der Waals surface area contributed by atoms with Crippen molar-refractivity contribution < 1.29 is 4.79 Å². The van der Waals surface area contributed by atoms with Gasteiger partial charge >= 0.3 is 0 Å². The van der Waals surface area contributed by atoms with Gasteiger partial charge in [0.1, 0.15) is 0 Å². The Bertz CT molecular complexity index is 581. The molecule has 1 N–H and O–H groups in total. The number of hydrogen-bond acceptors (Lipinski definition) is 2. The molecular weight excluding hydrogens is 260 g/mol. The molecule has 21 heavy (non-hydrogen) atoms. The molecule has 3 nitrogen and oxygen atoms in total. The molecule has 0 aliphatic rings. The van der Waals surface area contributed by atoms with Crippen LogP contribution in [0.15, 0.2) is 54.6 Å². The summed E-state index contributed by atoms with van der Waals surface area (Å²) in [7, 11) is 1.86. The minimum absolute atomic E-state index is 0.0579. The third-order valence-corrected chi connectivity index (χ3v) is 3.45. The van der Waals surface area contributed by atoms with Crippen LogP contribution in [0.25, 0.3) is 0 Å². The maximum Gasteiger partial charge on any atom is 0.255 e. The molecule has 2 aromatic carbocycles. The van der Waals surface area contributed by atoms with Crippen molar-refractivity contribution in [3.05, 3.63) is 65.7 Å². The highest BCUT2D eigenvalue weighted by atomic mass is 16.2. The summed E-state index contributed by atoms with van der Waals surface area (Å²) in [6.07, 6.45) is 0.868. The van der Waals surface area contributed by atoms with E-state index >= 15 is 0 Å². The van der Waals surface area contributed by atoms with Crippen LogP contribution in [0.1, 0.15) is 22.8 Å². The fourth-order valence-corrected chi connectivity index (χ4v) is 2.26. The number of hydrogen-bond donors (Lipinski definition) is 1. The topological polar surface area (TPSA) is 32.3 Å². The van der Waals surface area contributed by atoms with Crippen LogP contribution in [0.3, 0.4) is 0 Å². The lowest BCUT2D eigenvalue weighted by Gasteiger charge is -2.19. The second kappa shape index (κ2) is 7.48. The second-order valence-corrected chi connectivity index (χ2v) is 5.04. The average Bonchev–Trinajstić information content (AvgIpc) is 2.54. The first-order valence-corrected chi connectivity index (χ1v) is 7.34. The van der Waals surface area contributed by atoms with Crippen LogP contribution in [0.2, 0.25) is 0 Å². The van der Waals surface area contributed by atoms with Crippen molar-refractivity contribution in [3.63, 3.8) is 0 Å². The average molecular weight is 282 g/mol. The Morgan fingerprint density at radius 1 is 1.05 bits per heavy atom. The van der Waals surface area contributed by atoms with Gasteiger partial charge in [0, 0.05) is 25.8 Å². The number of nitrogens with zero attached hydrogens (tertiary/aromatic N) is 1. The van der Waals surface area contributed by atoms with Gasteiger partial charge in [-0.3, -0.25) is 4.79 Å². The maximum atomic E-state index is 12.5. The normalized spacial score (nSPS) is 10.2. The largest absolute Gasteiger partial charge is 0.385 e. The molecule has 0 bridgehead atoms. The van der Waals surface area contributed by atoms with Crippen molar-refractivity contribution in [3.8, 4) is 0 Å². The number of carbonyl (C=O) groups excluding carboxylic acids is 1. The summed E-state index contributed by atoms with van der Waals surface area (Å²) >= 11 is 0. The van der Waals surface area contributed by atoms with E-state index in [2.05, 4.69) is 17.4 Å². The highest BCUT2D eigenvalue weighted by Crippen LogP contribution is 2.16. The van der Waals surface area contributed by atoms with E-state index in [1.54, 1.807) is 4.90 Å². The quantitative estimate of drug-likeness (QED) is 0.880. The fourth-order valence-electron chi connectivity index (χ4n) is 2.26. The van der Waals surface area contributed by atoms with Crippen LogP contribution in [-0.2, 0) is 6.42 Å². The fraction of sp³-hybridized carbons (Fsp3) is 0.278. The lowest BCUT2D eigenvalue weighted by molar-refractivity contribution is 0.0797. The molecule has 0 saturated heterocycles. The highest BCUT2D eigenvalue weighted by Gasteiger charge is 2.14. The molecule has 0 fully saturated rings. The van der Waals surface area contributed by atoms with Gasteiger partial charge in [-0.05, 0) is 31.0 Å². The van der Waals surface area contributed by atoms with E-state index in [9.17, 15) is 4.79 Å². The predicted octanol–water partition coefficient (Wildman–Crippen LogP) is 3.43. The van der Waals surface area contributed by atoms with Crippen molar-refractivity contribution in [1.82, 2.24) is 4.90 Å². The summed E-state index contributed by atoms with van der Waals surface area (Å²) in [4.78, 5) is 14.3. The van der Waals surface area contributed by atoms with Crippen molar-refractivity contribution >= 4 is 11.6 Å². The van der Waals surface area contributed by atoms with Crippen LogP contribution in [0.5, 0.6) is 0 Å². The number of amides is 1. The number of carbonyl (C=O) groups is 1. The Balaban J connectivity index is 2.02. The molecule has 0 aliphatic heterocycles. The monoisotopic (exact) mass is 282 g/mol. The van der Waals surface area contributed by atoms with E-state index in [-0.39, 0.29) is 5.91 Å². The summed E-state index contributed by atoms with van der Waals surface area (Å²) in [5.41, 5.74) is 2.88. The van der Waals surface area contributed by atoms with Gasteiger partial charge in [0.2, 0.25) is 0 Å². The highest BCUT2D eigenvalue weighted by molar-refractivity contribution is 5.99. The Hall–Kier alpha value is -2.29. The van der Waals surface area contributed by atoms with Gasteiger partial charge in [0.25, 0.3) is 5.91 Å². The summed E-state index contributed by atoms with van der Waals surface area (Å²) < 4.78 is 0. The SMILES string of the molecule is CCNc1ccccc1C(=O)N(C)CCc1ccccc1. The molecule has 0 spiro atoms. The van der Waals surface area contributed by atoms with Crippen LogP contribution in [0.4, 0.5) is 5.69 Å². The summed E-state index contributed by atoms with van der Waals surface area (Å²) in [6.45, 7) is 3.54. The van der Waals surface area contributed by atoms with Crippen LogP contribution < -0.4 is 5.32 Å². The van der Waals surface area contributed by atoms with Gasteiger partial charge < -0.3 is 10.2 Å². The van der Waals surface area contributed by atoms with E-state index in [0.717, 1.165) is 24.2 Å². The Morgan fingerprint density at radius 2 is 1.71 bits per heavy atom. The predicted molar refractivity (Wildman–Crippen MR) is 87.7 cm³/mol. The number of anilines is 1. The molecule has 1 amide bonds. The molecule has 0 aromatic heterocycles. The molecule has 0 saturated carbocycles. The molecule has 110 valence electrons. The third kappa shape index (κ3) is 4.09. The summed E-state index contributed by atoms with van der Waals surface area (Å²) in [5, 5.41) is 3.24. The van der Waals surface area contributed by atoms with Gasteiger partial charge in [-0.1, -0.05) is 42.5 Å². The van der Waals surface area contributed by atoms with Crippen LogP contribution in [0, 0.1) is 0 Å². The van der Waals surface area contributed by atoms with Gasteiger partial charge in [-0.2, -0.15) is 0 Å². The molecule has 0 heterocycles. The minimum atomic E-state index is 0.0579. The van der Waals surface area contributed by atoms with Crippen LogP contribution >= 0.6 is 0 Å². The van der Waals surface area contributed by atoms with E-state index in [1.807, 2.05) is 56.4 Å². The Labute approximate surface area is 126 Å².